The predicted molar refractivity (Wildman–Crippen MR) is 88.8 cm³/mol. The first-order valence-electron chi connectivity index (χ1n) is 7.93. The summed E-state index contributed by atoms with van der Waals surface area (Å²) in [6.45, 7) is 0.0647. The Bertz CT molecular complexity index is 611. The number of ether oxygens (including phenoxy) is 3. The van der Waals surface area contributed by atoms with Crippen LogP contribution in [-0.2, 0) is 20.9 Å². The quantitative estimate of drug-likeness (QED) is 0.612. The van der Waals surface area contributed by atoms with Crippen molar-refractivity contribution in [3.63, 3.8) is 0 Å². The molecule has 130 valence electrons. The van der Waals surface area contributed by atoms with E-state index in [1.807, 2.05) is 12.1 Å². The van der Waals surface area contributed by atoms with Gasteiger partial charge in [-0.15, -0.1) is 0 Å². The Labute approximate surface area is 141 Å². The highest BCUT2D eigenvalue weighted by molar-refractivity contribution is 5.81. The van der Waals surface area contributed by atoms with Crippen molar-refractivity contribution in [1.29, 1.82) is 0 Å². The molecule has 0 aromatic heterocycles. The molecule has 0 spiro atoms. The molecule has 0 saturated carbocycles. The molecule has 0 unspecified atom stereocenters. The van der Waals surface area contributed by atoms with Crippen LogP contribution in [0.15, 0.2) is 30.4 Å². The van der Waals surface area contributed by atoms with Gasteiger partial charge in [-0.2, -0.15) is 0 Å². The summed E-state index contributed by atoms with van der Waals surface area (Å²) in [5, 5.41) is 2.72. The number of carbonyl (C=O) groups excluding carboxylic acids is 2. The van der Waals surface area contributed by atoms with Crippen LogP contribution in [0.25, 0.3) is 0 Å². The van der Waals surface area contributed by atoms with Crippen LogP contribution in [0, 0.1) is 5.92 Å². The number of hydrogen-bond donors (Lipinski definition) is 1. The number of esters is 1. The molecule has 1 aliphatic carbocycles. The van der Waals surface area contributed by atoms with Gasteiger partial charge in [-0.25, -0.2) is 0 Å². The third-order valence-electron chi connectivity index (χ3n) is 3.89. The monoisotopic (exact) mass is 333 g/mol. The van der Waals surface area contributed by atoms with Crippen molar-refractivity contribution in [1.82, 2.24) is 5.32 Å². The molecule has 1 amide bonds. The lowest BCUT2D eigenvalue weighted by Crippen LogP contribution is -2.30. The maximum Gasteiger partial charge on any atom is 0.309 e. The van der Waals surface area contributed by atoms with Crippen molar-refractivity contribution >= 4 is 11.9 Å². The molecule has 0 bridgehead atoms. The molecular formula is C18H23NO5. The Morgan fingerprint density at radius 1 is 1.17 bits per heavy atom. The topological polar surface area (TPSA) is 73.9 Å². The van der Waals surface area contributed by atoms with Crippen molar-refractivity contribution in [3.05, 3.63) is 35.9 Å². The number of carbonyl (C=O) groups is 2. The smallest absolute Gasteiger partial charge is 0.309 e. The van der Waals surface area contributed by atoms with Gasteiger partial charge >= 0.3 is 5.97 Å². The normalized spacial score (nSPS) is 16.3. The summed E-state index contributed by atoms with van der Waals surface area (Å²) in [7, 11) is 3.12. The molecule has 24 heavy (non-hydrogen) atoms. The fraction of sp³-hybridized carbons (Fsp3) is 0.444. The van der Waals surface area contributed by atoms with Crippen LogP contribution in [0.2, 0.25) is 0 Å². The molecule has 0 radical (unpaired) electrons. The minimum Gasteiger partial charge on any atom is -0.493 e. The van der Waals surface area contributed by atoms with Gasteiger partial charge in [-0.3, -0.25) is 9.59 Å². The highest BCUT2D eigenvalue weighted by atomic mass is 16.5. The molecular weight excluding hydrogens is 310 g/mol. The predicted octanol–water partition coefficient (Wildman–Crippen LogP) is 2.22. The van der Waals surface area contributed by atoms with E-state index >= 15 is 0 Å². The first kappa shape index (κ1) is 17.8. The van der Waals surface area contributed by atoms with Crippen molar-refractivity contribution in [3.8, 4) is 11.5 Å². The Balaban J connectivity index is 1.76. The number of allylic oxidation sites excluding steroid dienone is 2. The Morgan fingerprint density at radius 3 is 2.62 bits per heavy atom. The molecule has 0 saturated heterocycles. The SMILES string of the molecule is COc1ccc(CNC(=O)COC(=O)[C@H]2CC=CCC2)cc1OC. The zero-order valence-corrected chi connectivity index (χ0v) is 14.0. The standard InChI is InChI=1S/C18H23NO5/c1-22-15-9-8-13(10-16(15)23-2)11-19-17(20)12-24-18(21)14-6-4-3-5-7-14/h3-4,8-10,14H,5-7,11-12H2,1-2H3,(H,19,20)/t14-/m0/s1. The van der Waals surface area contributed by atoms with Gasteiger partial charge in [0.2, 0.25) is 0 Å². The lowest BCUT2D eigenvalue weighted by molar-refractivity contribution is -0.152. The van der Waals surface area contributed by atoms with Crippen LogP contribution in [0.3, 0.4) is 0 Å². The second kappa shape index (κ2) is 8.96. The minimum absolute atomic E-state index is 0.131. The fourth-order valence-electron chi connectivity index (χ4n) is 2.50. The van der Waals surface area contributed by atoms with E-state index in [4.69, 9.17) is 14.2 Å². The second-order valence-corrected chi connectivity index (χ2v) is 5.56. The van der Waals surface area contributed by atoms with E-state index in [1.54, 1.807) is 26.4 Å². The van der Waals surface area contributed by atoms with Gasteiger partial charge < -0.3 is 19.5 Å². The first-order chi connectivity index (χ1) is 11.6. The summed E-state index contributed by atoms with van der Waals surface area (Å²) in [4.78, 5) is 23.7. The number of rotatable bonds is 7. The van der Waals surface area contributed by atoms with Gasteiger partial charge in [0.25, 0.3) is 5.91 Å². The van der Waals surface area contributed by atoms with Crippen LogP contribution < -0.4 is 14.8 Å². The molecule has 2 rings (SSSR count). The number of amides is 1. The summed E-state index contributed by atoms with van der Waals surface area (Å²) in [6, 6.07) is 5.40. The summed E-state index contributed by atoms with van der Waals surface area (Å²) in [6.07, 6.45) is 6.38. The number of nitrogens with one attached hydrogen (secondary N) is 1. The van der Waals surface area contributed by atoms with E-state index in [2.05, 4.69) is 11.4 Å². The van der Waals surface area contributed by atoms with Crippen LogP contribution in [-0.4, -0.2) is 32.7 Å². The van der Waals surface area contributed by atoms with E-state index in [0.717, 1.165) is 18.4 Å². The maximum atomic E-state index is 11.9. The Morgan fingerprint density at radius 2 is 1.96 bits per heavy atom. The van der Waals surface area contributed by atoms with E-state index < -0.39 is 0 Å². The van der Waals surface area contributed by atoms with Crippen LogP contribution in [0.4, 0.5) is 0 Å². The van der Waals surface area contributed by atoms with Crippen molar-refractivity contribution in [2.24, 2.45) is 5.92 Å². The highest BCUT2D eigenvalue weighted by Gasteiger charge is 2.20. The summed E-state index contributed by atoms with van der Waals surface area (Å²) in [5.41, 5.74) is 0.866. The minimum atomic E-state index is -0.329. The van der Waals surface area contributed by atoms with E-state index in [9.17, 15) is 9.59 Å². The maximum absolute atomic E-state index is 11.9. The molecule has 6 nitrogen and oxygen atoms in total. The van der Waals surface area contributed by atoms with Crippen molar-refractivity contribution in [2.75, 3.05) is 20.8 Å². The summed E-state index contributed by atoms with van der Waals surface area (Å²) >= 11 is 0. The van der Waals surface area contributed by atoms with Crippen molar-refractivity contribution in [2.45, 2.75) is 25.8 Å². The molecule has 1 aliphatic rings. The first-order valence-corrected chi connectivity index (χ1v) is 7.93. The molecule has 0 heterocycles. The zero-order chi connectivity index (χ0) is 17.4. The molecule has 0 fully saturated rings. The van der Waals surface area contributed by atoms with Gasteiger partial charge in [-0.1, -0.05) is 18.2 Å². The van der Waals surface area contributed by atoms with E-state index in [-0.39, 0.29) is 24.4 Å². The number of methoxy groups -OCH3 is 2. The molecule has 0 aliphatic heterocycles. The van der Waals surface area contributed by atoms with Crippen LogP contribution >= 0.6 is 0 Å². The molecule has 1 aromatic rings. The Kier molecular flexibility index (Phi) is 6.66. The van der Waals surface area contributed by atoms with Crippen molar-refractivity contribution < 1.29 is 23.8 Å². The van der Waals surface area contributed by atoms with Gasteiger partial charge in [0.15, 0.2) is 18.1 Å². The fourth-order valence-corrected chi connectivity index (χ4v) is 2.50. The molecule has 1 atom stereocenters. The summed E-state index contributed by atoms with van der Waals surface area (Å²) in [5.74, 6) is 0.461. The lowest BCUT2D eigenvalue weighted by atomic mass is 9.95. The van der Waals surface area contributed by atoms with E-state index in [0.29, 0.717) is 24.5 Å². The zero-order valence-electron chi connectivity index (χ0n) is 14.0. The second-order valence-electron chi connectivity index (χ2n) is 5.56. The lowest BCUT2D eigenvalue weighted by Gasteiger charge is -2.16. The average Bonchev–Trinajstić information content (AvgIpc) is 2.64. The molecule has 6 heteroatoms. The van der Waals surface area contributed by atoms with Gasteiger partial charge in [0.1, 0.15) is 0 Å². The van der Waals surface area contributed by atoms with Gasteiger partial charge in [-0.05, 0) is 37.0 Å². The molecule has 1 aromatic carbocycles. The number of benzene rings is 1. The van der Waals surface area contributed by atoms with E-state index in [1.165, 1.54) is 0 Å². The highest BCUT2D eigenvalue weighted by Crippen LogP contribution is 2.27. The third-order valence-corrected chi connectivity index (χ3v) is 3.89. The summed E-state index contributed by atoms with van der Waals surface area (Å²) < 4.78 is 15.5. The Hall–Kier alpha value is -2.50. The molecule has 1 N–H and O–H groups in total. The average molecular weight is 333 g/mol. The van der Waals surface area contributed by atoms with Crippen LogP contribution in [0.5, 0.6) is 11.5 Å². The van der Waals surface area contributed by atoms with Gasteiger partial charge in [0.05, 0.1) is 20.1 Å². The number of hydrogen-bond acceptors (Lipinski definition) is 5. The largest absolute Gasteiger partial charge is 0.493 e. The third kappa shape index (κ3) is 5.01. The van der Waals surface area contributed by atoms with Crippen LogP contribution in [0.1, 0.15) is 24.8 Å². The van der Waals surface area contributed by atoms with Gasteiger partial charge in [0, 0.05) is 6.54 Å².